The maximum absolute atomic E-state index is 5.88. The van der Waals surface area contributed by atoms with Gasteiger partial charge in [-0.15, -0.1) is 11.6 Å². The zero-order valence-corrected chi connectivity index (χ0v) is 13.4. The maximum Gasteiger partial charge on any atom is 0.223 e. The second-order valence-electron chi connectivity index (χ2n) is 5.84. The van der Waals surface area contributed by atoms with Crippen molar-refractivity contribution in [3.63, 3.8) is 0 Å². The number of amidine groups is 1. The number of ether oxygens (including phenoxy) is 1. The number of aliphatic imine (C=N–C) groups is 1. The summed E-state index contributed by atoms with van der Waals surface area (Å²) in [6.07, 6.45) is 3.83. The first-order valence-electron chi connectivity index (χ1n) is 6.39. The highest BCUT2D eigenvalue weighted by molar-refractivity contribution is 6.76. The predicted molar refractivity (Wildman–Crippen MR) is 80.4 cm³/mol. The van der Waals surface area contributed by atoms with Crippen LogP contribution in [0.25, 0.3) is 0 Å². The van der Waals surface area contributed by atoms with E-state index in [2.05, 4.69) is 24.6 Å². The minimum absolute atomic E-state index is 0.446. The lowest BCUT2D eigenvalue weighted by molar-refractivity contribution is -0.808. The number of hydrogen-bond donors (Lipinski definition) is 1. The van der Waals surface area contributed by atoms with E-state index in [1.807, 2.05) is 6.20 Å². The number of hydrogen-bond acceptors (Lipinski definition) is 3. The Morgan fingerprint density at radius 2 is 2.17 bits per heavy atom. The molecule has 1 aliphatic heterocycles. The molecule has 0 spiro atoms. The number of halogens is 1. The van der Waals surface area contributed by atoms with Crippen LogP contribution in [0.1, 0.15) is 0 Å². The molecule has 0 amide bonds. The molecule has 0 aromatic heterocycles. The van der Waals surface area contributed by atoms with Crippen LogP contribution >= 0.6 is 11.6 Å². The second kappa shape index (κ2) is 6.82. The third-order valence-corrected chi connectivity index (χ3v) is 4.95. The van der Waals surface area contributed by atoms with E-state index in [-0.39, 0.29) is 0 Å². The van der Waals surface area contributed by atoms with Crippen LogP contribution in [0.5, 0.6) is 0 Å². The van der Waals surface area contributed by atoms with Crippen molar-refractivity contribution in [2.75, 3.05) is 32.3 Å². The van der Waals surface area contributed by atoms with Gasteiger partial charge < -0.3 is 10.5 Å². The minimum atomic E-state index is -1.03. The normalized spacial score (nSPS) is 23.5. The standard InChI is InChI=1S/C12H25ClN3OSi/c1-18(2,3)9-8-17-11-16(6-4-13)7-5-15-12(16)10-14/h5,7H,4,6,8-11,14H2,1-3H3/q+1. The van der Waals surface area contributed by atoms with Gasteiger partial charge in [0.25, 0.3) is 0 Å². The second-order valence-corrected chi connectivity index (χ2v) is 11.8. The molecule has 1 aliphatic rings. The van der Waals surface area contributed by atoms with Crippen molar-refractivity contribution in [3.05, 3.63) is 12.4 Å². The van der Waals surface area contributed by atoms with Crippen LogP contribution in [-0.2, 0) is 4.74 Å². The molecule has 6 heteroatoms. The van der Waals surface area contributed by atoms with Gasteiger partial charge >= 0.3 is 0 Å². The Labute approximate surface area is 116 Å². The average molecular weight is 291 g/mol. The smallest absolute Gasteiger partial charge is 0.223 e. The molecule has 0 saturated heterocycles. The zero-order chi connectivity index (χ0) is 13.6. The van der Waals surface area contributed by atoms with Crippen molar-refractivity contribution < 1.29 is 9.22 Å². The van der Waals surface area contributed by atoms with Crippen LogP contribution in [-0.4, -0.2) is 50.7 Å². The quantitative estimate of drug-likeness (QED) is 0.322. The SMILES string of the molecule is C[Si](C)(C)CCOC[N+]1(CCCl)C=CN=C1CN. The summed E-state index contributed by atoms with van der Waals surface area (Å²) in [5.41, 5.74) is 5.73. The van der Waals surface area contributed by atoms with E-state index in [0.717, 1.165) is 19.0 Å². The fourth-order valence-electron chi connectivity index (χ4n) is 1.82. The Morgan fingerprint density at radius 1 is 1.44 bits per heavy atom. The summed E-state index contributed by atoms with van der Waals surface area (Å²) in [6, 6.07) is 1.17. The van der Waals surface area contributed by atoms with Gasteiger partial charge in [-0.2, -0.15) is 0 Å². The van der Waals surface area contributed by atoms with Gasteiger partial charge in [-0.25, -0.2) is 9.48 Å². The monoisotopic (exact) mass is 290 g/mol. The van der Waals surface area contributed by atoms with Crippen molar-refractivity contribution in [2.24, 2.45) is 10.7 Å². The Hall–Kier alpha value is -0.203. The van der Waals surface area contributed by atoms with Crippen LogP contribution < -0.4 is 5.73 Å². The highest BCUT2D eigenvalue weighted by Gasteiger charge is 2.34. The lowest BCUT2D eigenvalue weighted by Gasteiger charge is -2.31. The summed E-state index contributed by atoms with van der Waals surface area (Å²) < 4.78 is 6.40. The van der Waals surface area contributed by atoms with Gasteiger partial charge in [0.05, 0.1) is 25.2 Å². The van der Waals surface area contributed by atoms with Gasteiger partial charge in [-0.3, -0.25) is 0 Å². The third kappa shape index (κ3) is 4.48. The topological polar surface area (TPSA) is 47.6 Å². The molecule has 0 radical (unpaired) electrons. The first kappa shape index (κ1) is 15.9. The first-order chi connectivity index (χ1) is 8.43. The molecule has 0 aliphatic carbocycles. The van der Waals surface area contributed by atoms with Gasteiger partial charge in [0.15, 0.2) is 6.73 Å². The minimum Gasteiger partial charge on any atom is -0.331 e. The molecular formula is C12H25ClN3OSi+. The molecular weight excluding hydrogens is 266 g/mol. The zero-order valence-electron chi connectivity index (χ0n) is 11.7. The summed E-state index contributed by atoms with van der Waals surface area (Å²) in [7, 11) is -1.03. The van der Waals surface area contributed by atoms with Gasteiger partial charge in [0.1, 0.15) is 12.7 Å². The molecule has 0 saturated carbocycles. The summed E-state index contributed by atoms with van der Waals surface area (Å²) in [4.78, 5) is 4.31. The number of quaternary nitrogens is 1. The van der Waals surface area contributed by atoms with Crippen LogP contribution in [0.15, 0.2) is 17.4 Å². The lowest BCUT2D eigenvalue weighted by Crippen LogP contribution is -2.52. The summed E-state index contributed by atoms with van der Waals surface area (Å²) in [5.74, 6) is 1.50. The van der Waals surface area contributed by atoms with E-state index >= 15 is 0 Å². The lowest BCUT2D eigenvalue weighted by atomic mass is 10.4. The van der Waals surface area contributed by atoms with Gasteiger partial charge in [-0.05, 0) is 6.04 Å². The largest absolute Gasteiger partial charge is 0.331 e. The summed E-state index contributed by atoms with van der Waals surface area (Å²) in [6.45, 7) is 9.67. The van der Waals surface area contributed by atoms with Crippen molar-refractivity contribution in [1.29, 1.82) is 0 Å². The fraction of sp³-hybridized carbons (Fsp3) is 0.750. The van der Waals surface area contributed by atoms with E-state index in [4.69, 9.17) is 22.1 Å². The van der Waals surface area contributed by atoms with E-state index in [9.17, 15) is 0 Å². The van der Waals surface area contributed by atoms with Gasteiger partial charge in [0.2, 0.25) is 5.84 Å². The Balaban J connectivity index is 2.50. The summed E-state index contributed by atoms with van der Waals surface area (Å²) in [5, 5.41) is 0. The summed E-state index contributed by atoms with van der Waals surface area (Å²) >= 11 is 5.88. The van der Waals surface area contributed by atoms with Gasteiger partial charge in [-0.1, -0.05) is 19.6 Å². The number of nitrogens with zero attached hydrogens (tertiary/aromatic N) is 2. The van der Waals surface area contributed by atoms with Crippen LogP contribution in [0.3, 0.4) is 0 Å². The van der Waals surface area contributed by atoms with Crippen molar-refractivity contribution in [3.8, 4) is 0 Å². The Morgan fingerprint density at radius 3 is 2.72 bits per heavy atom. The van der Waals surface area contributed by atoms with E-state index in [1.165, 1.54) is 6.04 Å². The van der Waals surface area contributed by atoms with Crippen LogP contribution in [0.2, 0.25) is 25.7 Å². The highest BCUT2D eigenvalue weighted by atomic mass is 35.5. The van der Waals surface area contributed by atoms with Crippen LogP contribution in [0.4, 0.5) is 0 Å². The third-order valence-electron chi connectivity index (χ3n) is 3.07. The predicted octanol–water partition coefficient (Wildman–Crippen LogP) is 2.20. The number of rotatable bonds is 8. The molecule has 0 fully saturated rings. The molecule has 1 unspecified atom stereocenters. The van der Waals surface area contributed by atoms with E-state index in [1.54, 1.807) is 6.20 Å². The first-order valence-corrected chi connectivity index (χ1v) is 10.6. The molecule has 18 heavy (non-hydrogen) atoms. The van der Waals surface area contributed by atoms with E-state index < -0.39 is 8.07 Å². The molecule has 104 valence electrons. The highest BCUT2D eigenvalue weighted by Crippen LogP contribution is 2.18. The maximum atomic E-state index is 5.88. The van der Waals surface area contributed by atoms with Crippen molar-refractivity contribution in [1.82, 2.24) is 0 Å². The van der Waals surface area contributed by atoms with Crippen molar-refractivity contribution in [2.45, 2.75) is 25.7 Å². The Kier molecular flexibility index (Phi) is 6.00. The number of nitrogens with two attached hydrogens (primary N) is 1. The average Bonchev–Trinajstić information content (AvgIpc) is 2.67. The molecule has 0 bridgehead atoms. The fourth-order valence-corrected chi connectivity index (χ4v) is 2.88. The molecule has 2 N–H and O–H groups in total. The van der Waals surface area contributed by atoms with Crippen LogP contribution in [0, 0.1) is 0 Å². The molecule has 1 rings (SSSR count). The van der Waals surface area contributed by atoms with E-state index in [0.29, 0.717) is 23.6 Å². The molecule has 1 heterocycles. The molecule has 0 aromatic rings. The van der Waals surface area contributed by atoms with Crippen molar-refractivity contribution >= 4 is 25.5 Å². The molecule has 0 aromatic carbocycles. The number of alkyl halides is 1. The molecule has 1 atom stereocenters. The molecule has 4 nitrogen and oxygen atoms in total. The van der Waals surface area contributed by atoms with Gasteiger partial charge in [0, 0.05) is 8.07 Å². The Bertz CT molecular complexity index is 328.